The number of fused-ring (bicyclic) bond motifs is 1. The maximum Gasteiger partial charge on any atom is 0.210 e. The lowest BCUT2D eigenvalue weighted by molar-refractivity contribution is 0.538. The third-order valence-electron chi connectivity index (χ3n) is 2.26. The first-order valence-corrected chi connectivity index (χ1v) is 4.75. The fourth-order valence-electron chi connectivity index (χ4n) is 1.54. The van der Waals surface area contributed by atoms with E-state index in [0.29, 0.717) is 0 Å². The molecule has 2 rings (SSSR count). The van der Waals surface area contributed by atoms with Crippen LogP contribution in [0, 0.1) is 6.67 Å². The van der Waals surface area contributed by atoms with Crippen molar-refractivity contribution in [3.63, 3.8) is 0 Å². The summed E-state index contributed by atoms with van der Waals surface area (Å²) in [5.41, 5.74) is 1.14. The van der Waals surface area contributed by atoms with Crippen LogP contribution in [0.15, 0.2) is 18.3 Å². The average molecular weight is 189 g/mol. The second-order valence-corrected chi connectivity index (χ2v) is 4.51. The Hall–Kier alpha value is -1.25. The highest BCUT2D eigenvalue weighted by Gasteiger charge is 2.33. The van der Waals surface area contributed by atoms with Crippen LogP contribution in [0.4, 0.5) is 11.5 Å². The topological polar surface area (TPSA) is 19.4 Å². The molecule has 0 spiro atoms. The smallest absolute Gasteiger partial charge is 0.210 e. The van der Waals surface area contributed by atoms with Gasteiger partial charge in [-0.25, -0.2) is 4.98 Å². The zero-order valence-corrected chi connectivity index (χ0v) is 9.07. The molecule has 0 aliphatic carbocycles. The van der Waals surface area contributed by atoms with Crippen LogP contribution < -0.4 is 9.80 Å². The predicted molar refractivity (Wildman–Crippen MR) is 58.1 cm³/mol. The van der Waals surface area contributed by atoms with Crippen molar-refractivity contribution < 1.29 is 0 Å². The van der Waals surface area contributed by atoms with Crippen molar-refractivity contribution in [3.05, 3.63) is 25.0 Å². The number of aromatic nitrogens is 1. The fraction of sp³-hybridized carbons (Fsp3) is 0.455. The summed E-state index contributed by atoms with van der Waals surface area (Å²) in [6.07, 6.45) is 1.82. The van der Waals surface area contributed by atoms with Gasteiger partial charge in [0.25, 0.3) is 0 Å². The van der Waals surface area contributed by atoms with Crippen molar-refractivity contribution >= 4 is 11.5 Å². The molecule has 1 aliphatic heterocycles. The number of nitrogens with zero attached hydrogens (tertiary/aromatic N) is 3. The summed E-state index contributed by atoms with van der Waals surface area (Å²) >= 11 is 0. The van der Waals surface area contributed by atoms with Crippen LogP contribution in [-0.4, -0.2) is 17.6 Å². The molecule has 14 heavy (non-hydrogen) atoms. The van der Waals surface area contributed by atoms with Gasteiger partial charge in [-0.05, 0) is 32.9 Å². The van der Waals surface area contributed by atoms with Crippen LogP contribution in [0.3, 0.4) is 0 Å². The minimum atomic E-state index is 0.0217. The van der Waals surface area contributed by atoms with Gasteiger partial charge in [0, 0.05) is 18.8 Å². The van der Waals surface area contributed by atoms with Crippen LogP contribution in [0.2, 0.25) is 0 Å². The first-order valence-electron chi connectivity index (χ1n) is 4.75. The van der Waals surface area contributed by atoms with Gasteiger partial charge < -0.3 is 9.80 Å². The van der Waals surface area contributed by atoms with Crippen LogP contribution in [0.5, 0.6) is 0 Å². The lowest BCUT2D eigenvalue weighted by Crippen LogP contribution is -2.39. The monoisotopic (exact) mass is 189 g/mol. The van der Waals surface area contributed by atoms with E-state index in [4.69, 9.17) is 0 Å². The average Bonchev–Trinajstić information content (AvgIpc) is 2.44. The maximum atomic E-state index is 4.38. The Morgan fingerprint density at radius 3 is 2.71 bits per heavy atom. The number of hydrogen-bond acceptors (Lipinski definition) is 3. The number of anilines is 2. The molecule has 0 N–H and O–H groups in total. The summed E-state index contributed by atoms with van der Waals surface area (Å²) in [5.74, 6) is 0.988. The Balaban J connectivity index is 2.44. The molecule has 1 aromatic heterocycles. The molecule has 0 saturated carbocycles. The fourth-order valence-corrected chi connectivity index (χ4v) is 1.54. The summed E-state index contributed by atoms with van der Waals surface area (Å²) in [4.78, 5) is 8.43. The Morgan fingerprint density at radius 1 is 1.36 bits per heavy atom. The van der Waals surface area contributed by atoms with Crippen LogP contribution in [0.25, 0.3) is 0 Å². The molecule has 2 heterocycles. The molecule has 0 unspecified atom stereocenters. The molecule has 74 valence electrons. The molecule has 0 saturated heterocycles. The number of rotatable bonds is 0. The van der Waals surface area contributed by atoms with Gasteiger partial charge in [0.15, 0.2) is 5.82 Å². The van der Waals surface area contributed by atoms with E-state index in [2.05, 4.69) is 43.4 Å². The Morgan fingerprint density at radius 2 is 2.07 bits per heavy atom. The van der Waals surface area contributed by atoms with Gasteiger partial charge in [0.05, 0.1) is 5.69 Å². The molecular formula is C11H15N3. The molecule has 0 fully saturated rings. The van der Waals surface area contributed by atoms with E-state index in [9.17, 15) is 0 Å². The van der Waals surface area contributed by atoms with E-state index in [-0.39, 0.29) is 5.54 Å². The zero-order valence-electron chi connectivity index (χ0n) is 9.07. The van der Waals surface area contributed by atoms with Crippen molar-refractivity contribution in [3.8, 4) is 0 Å². The van der Waals surface area contributed by atoms with Crippen LogP contribution in [-0.2, 0) is 0 Å². The van der Waals surface area contributed by atoms with Crippen LogP contribution >= 0.6 is 0 Å². The second-order valence-electron chi connectivity index (χ2n) is 4.51. The van der Waals surface area contributed by atoms with Gasteiger partial charge in [-0.2, -0.15) is 0 Å². The maximum absolute atomic E-state index is 4.38. The summed E-state index contributed by atoms with van der Waals surface area (Å²) in [5, 5.41) is 0. The summed E-state index contributed by atoms with van der Waals surface area (Å²) in [7, 11) is 1.99. The van der Waals surface area contributed by atoms with Crippen molar-refractivity contribution in [1.29, 1.82) is 0 Å². The van der Waals surface area contributed by atoms with E-state index in [1.807, 2.05) is 24.2 Å². The standard InChI is InChI=1S/C11H15N3/c1-11(2,3)14-8-13(4)9-6-5-7-12-10(9)14/h5-7H,1-4H3. The molecular weight excluding hydrogens is 174 g/mol. The normalized spacial score (nSPS) is 16.0. The van der Waals surface area contributed by atoms with Gasteiger partial charge in [-0.3, -0.25) is 0 Å². The minimum Gasteiger partial charge on any atom is -0.341 e. The summed E-state index contributed by atoms with van der Waals surface area (Å²) in [6.45, 7) is 9.71. The Bertz CT molecular complexity index is 341. The SMILES string of the molecule is CN1[C]N(C(C)(C)C)c2ncccc21. The lowest BCUT2D eigenvalue weighted by atomic mass is 10.1. The first kappa shape index (κ1) is 9.31. The quantitative estimate of drug-likeness (QED) is 0.623. The molecule has 0 atom stereocenters. The minimum absolute atomic E-state index is 0.0217. The molecule has 1 aliphatic rings. The molecule has 1 aromatic rings. The van der Waals surface area contributed by atoms with E-state index < -0.39 is 0 Å². The zero-order chi connectivity index (χ0) is 10.3. The van der Waals surface area contributed by atoms with Gasteiger partial charge in [0.2, 0.25) is 6.67 Å². The van der Waals surface area contributed by atoms with Crippen molar-refractivity contribution in [2.24, 2.45) is 0 Å². The van der Waals surface area contributed by atoms with Crippen molar-refractivity contribution in [1.82, 2.24) is 4.98 Å². The van der Waals surface area contributed by atoms with E-state index >= 15 is 0 Å². The lowest BCUT2D eigenvalue weighted by Gasteiger charge is -2.31. The molecule has 0 amide bonds. The van der Waals surface area contributed by atoms with E-state index in [0.717, 1.165) is 11.5 Å². The highest BCUT2D eigenvalue weighted by atomic mass is 15.4. The molecule has 3 heteroatoms. The molecule has 3 nitrogen and oxygen atoms in total. The summed E-state index contributed by atoms with van der Waals surface area (Å²) < 4.78 is 0. The molecule has 2 radical (unpaired) electrons. The summed E-state index contributed by atoms with van der Waals surface area (Å²) in [6, 6.07) is 4.00. The number of hydrogen-bond donors (Lipinski definition) is 0. The first-order chi connectivity index (χ1) is 6.50. The molecule has 0 aromatic carbocycles. The molecule has 0 bridgehead atoms. The predicted octanol–water partition coefficient (Wildman–Crippen LogP) is 2.13. The van der Waals surface area contributed by atoms with E-state index in [1.165, 1.54) is 0 Å². The van der Waals surface area contributed by atoms with Crippen molar-refractivity contribution in [2.45, 2.75) is 26.3 Å². The van der Waals surface area contributed by atoms with Gasteiger partial charge in [-0.15, -0.1) is 0 Å². The van der Waals surface area contributed by atoms with Gasteiger partial charge in [-0.1, -0.05) is 0 Å². The largest absolute Gasteiger partial charge is 0.341 e. The Labute approximate surface area is 85.4 Å². The number of pyridine rings is 1. The van der Waals surface area contributed by atoms with Gasteiger partial charge >= 0.3 is 0 Å². The third-order valence-corrected chi connectivity index (χ3v) is 2.26. The highest BCUT2D eigenvalue weighted by molar-refractivity contribution is 5.75. The van der Waals surface area contributed by atoms with E-state index in [1.54, 1.807) is 0 Å². The van der Waals surface area contributed by atoms with Crippen LogP contribution in [0.1, 0.15) is 20.8 Å². The Kier molecular flexibility index (Phi) is 1.91. The second kappa shape index (κ2) is 2.87. The van der Waals surface area contributed by atoms with Crippen molar-refractivity contribution in [2.75, 3.05) is 16.8 Å². The van der Waals surface area contributed by atoms with Gasteiger partial charge in [0.1, 0.15) is 0 Å². The highest BCUT2D eigenvalue weighted by Crippen LogP contribution is 2.38. The third kappa shape index (κ3) is 1.33.